The van der Waals surface area contributed by atoms with E-state index >= 15 is 0 Å². The quantitative estimate of drug-likeness (QED) is 0.760. The van der Waals surface area contributed by atoms with Gasteiger partial charge in [-0.2, -0.15) is 0 Å². The SMILES string of the molecule is CCC1(CC)CNC2(CCOCC2)OC1. The Morgan fingerprint density at radius 3 is 2.27 bits per heavy atom. The summed E-state index contributed by atoms with van der Waals surface area (Å²) in [6, 6.07) is 0. The van der Waals surface area contributed by atoms with Gasteiger partial charge in [-0.3, -0.25) is 5.32 Å². The second-order valence-electron chi connectivity index (χ2n) is 4.96. The summed E-state index contributed by atoms with van der Waals surface area (Å²) in [5.41, 5.74) is 0.301. The molecule has 2 aliphatic heterocycles. The van der Waals surface area contributed by atoms with Crippen LogP contribution in [0.15, 0.2) is 0 Å². The number of rotatable bonds is 2. The van der Waals surface area contributed by atoms with Gasteiger partial charge in [0.1, 0.15) is 5.72 Å². The molecule has 0 aromatic carbocycles. The normalized spacial score (nSPS) is 29.2. The first-order chi connectivity index (χ1) is 7.24. The molecular formula is C12H23NO2. The van der Waals surface area contributed by atoms with Crippen molar-refractivity contribution in [2.24, 2.45) is 5.41 Å². The lowest BCUT2D eigenvalue weighted by molar-refractivity contribution is -0.184. The molecule has 88 valence electrons. The van der Waals surface area contributed by atoms with Crippen molar-refractivity contribution in [1.29, 1.82) is 0 Å². The van der Waals surface area contributed by atoms with E-state index in [1.165, 1.54) is 12.8 Å². The van der Waals surface area contributed by atoms with Crippen LogP contribution < -0.4 is 5.32 Å². The molecule has 0 amide bonds. The number of ether oxygens (including phenoxy) is 2. The monoisotopic (exact) mass is 213 g/mol. The molecular weight excluding hydrogens is 190 g/mol. The highest BCUT2D eigenvalue weighted by Gasteiger charge is 2.42. The van der Waals surface area contributed by atoms with Crippen LogP contribution >= 0.6 is 0 Å². The Kier molecular flexibility index (Phi) is 3.33. The van der Waals surface area contributed by atoms with Gasteiger partial charge >= 0.3 is 0 Å². The summed E-state index contributed by atoms with van der Waals surface area (Å²) < 4.78 is 11.5. The summed E-state index contributed by atoms with van der Waals surface area (Å²) >= 11 is 0. The van der Waals surface area contributed by atoms with E-state index in [1.807, 2.05) is 0 Å². The number of hydrogen-bond donors (Lipinski definition) is 1. The van der Waals surface area contributed by atoms with Gasteiger partial charge in [0.15, 0.2) is 0 Å². The molecule has 0 aromatic heterocycles. The van der Waals surface area contributed by atoms with Crippen LogP contribution in [-0.4, -0.2) is 32.1 Å². The fourth-order valence-electron chi connectivity index (χ4n) is 2.47. The first-order valence-corrected chi connectivity index (χ1v) is 6.21. The molecule has 2 heterocycles. The molecule has 3 nitrogen and oxygen atoms in total. The molecule has 2 rings (SSSR count). The maximum Gasteiger partial charge on any atom is 0.123 e. The van der Waals surface area contributed by atoms with Crippen molar-refractivity contribution in [1.82, 2.24) is 5.32 Å². The van der Waals surface area contributed by atoms with E-state index in [0.717, 1.165) is 39.2 Å². The van der Waals surface area contributed by atoms with Crippen molar-refractivity contribution in [2.45, 2.75) is 45.3 Å². The van der Waals surface area contributed by atoms with Gasteiger partial charge < -0.3 is 9.47 Å². The van der Waals surface area contributed by atoms with Crippen molar-refractivity contribution < 1.29 is 9.47 Å². The maximum atomic E-state index is 6.11. The van der Waals surface area contributed by atoms with E-state index in [1.54, 1.807) is 0 Å². The minimum Gasteiger partial charge on any atom is -0.381 e. The van der Waals surface area contributed by atoms with Crippen molar-refractivity contribution in [3.63, 3.8) is 0 Å². The van der Waals surface area contributed by atoms with Gasteiger partial charge in [0.2, 0.25) is 0 Å². The van der Waals surface area contributed by atoms with Crippen LogP contribution in [0.25, 0.3) is 0 Å². The molecule has 0 aromatic rings. The van der Waals surface area contributed by atoms with Gasteiger partial charge in [-0.25, -0.2) is 0 Å². The molecule has 0 radical (unpaired) electrons. The molecule has 3 heteroatoms. The highest BCUT2D eigenvalue weighted by molar-refractivity contribution is 4.91. The molecule has 2 fully saturated rings. The summed E-state index contributed by atoms with van der Waals surface area (Å²) in [6.45, 7) is 8.19. The zero-order valence-corrected chi connectivity index (χ0v) is 9.97. The van der Waals surface area contributed by atoms with Gasteiger partial charge in [-0.15, -0.1) is 0 Å². The van der Waals surface area contributed by atoms with E-state index in [4.69, 9.17) is 9.47 Å². The molecule has 2 aliphatic rings. The van der Waals surface area contributed by atoms with Gasteiger partial charge in [0.25, 0.3) is 0 Å². The van der Waals surface area contributed by atoms with Crippen LogP contribution in [0.1, 0.15) is 39.5 Å². The summed E-state index contributed by atoms with van der Waals surface area (Å²) in [4.78, 5) is 0. The third-order valence-electron chi connectivity index (χ3n) is 4.24. The third-order valence-corrected chi connectivity index (χ3v) is 4.24. The van der Waals surface area contributed by atoms with Crippen molar-refractivity contribution in [2.75, 3.05) is 26.4 Å². The fraction of sp³-hybridized carbons (Fsp3) is 1.00. The zero-order valence-electron chi connectivity index (χ0n) is 9.97. The van der Waals surface area contributed by atoms with E-state index in [-0.39, 0.29) is 5.72 Å². The predicted molar refractivity (Wildman–Crippen MR) is 59.8 cm³/mol. The average molecular weight is 213 g/mol. The van der Waals surface area contributed by atoms with Crippen LogP contribution in [0.4, 0.5) is 0 Å². The molecule has 0 saturated carbocycles. The first kappa shape index (κ1) is 11.4. The lowest BCUT2D eigenvalue weighted by atomic mass is 9.81. The molecule has 1 N–H and O–H groups in total. The van der Waals surface area contributed by atoms with Gasteiger partial charge in [0, 0.05) is 24.8 Å². The molecule has 1 spiro atoms. The van der Waals surface area contributed by atoms with E-state index in [9.17, 15) is 0 Å². The molecule has 0 bridgehead atoms. The minimum absolute atomic E-state index is 0.0634. The van der Waals surface area contributed by atoms with Crippen LogP contribution in [0.3, 0.4) is 0 Å². The van der Waals surface area contributed by atoms with E-state index in [2.05, 4.69) is 19.2 Å². The smallest absolute Gasteiger partial charge is 0.123 e. The lowest BCUT2D eigenvalue weighted by Gasteiger charge is -2.48. The van der Waals surface area contributed by atoms with E-state index in [0.29, 0.717) is 5.41 Å². The molecule has 0 aliphatic carbocycles. The van der Waals surface area contributed by atoms with Gasteiger partial charge in [0.05, 0.1) is 19.8 Å². The Balaban J connectivity index is 1.95. The Morgan fingerprint density at radius 2 is 1.80 bits per heavy atom. The Labute approximate surface area is 92.5 Å². The highest BCUT2D eigenvalue weighted by Crippen LogP contribution is 2.35. The zero-order chi connectivity index (χ0) is 10.8. The van der Waals surface area contributed by atoms with Crippen molar-refractivity contribution in [3.8, 4) is 0 Å². The topological polar surface area (TPSA) is 30.5 Å². The molecule has 15 heavy (non-hydrogen) atoms. The Hall–Kier alpha value is -0.120. The number of nitrogens with one attached hydrogen (secondary N) is 1. The maximum absolute atomic E-state index is 6.11. The first-order valence-electron chi connectivity index (χ1n) is 6.21. The van der Waals surface area contributed by atoms with Crippen LogP contribution in [-0.2, 0) is 9.47 Å². The summed E-state index contributed by atoms with van der Waals surface area (Å²) in [5, 5.41) is 3.62. The fourth-order valence-corrected chi connectivity index (χ4v) is 2.47. The van der Waals surface area contributed by atoms with Crippen LogP contribution in [0.2, 0.25) is 0 Å². The summed E-state index contributed by atoms with van der Waals surface area (Å²) in [6.07, 6.45) is 4.39. The summed E-state index contributed by atoms with van der Waals surface area (Å²) in [5.74, 6) is 0. The summed E-state index contributed by atoms with van der Waals surface area (Å²) in [7, 11) is 0. The second-order valence-corrected chi connectivity index (χ2v) is 4.96. The minimum atomic E-state index is -0.0634. The highest BCUT2D eigenvalue weighted by atomic mass is 16.5. The van der Waals surface area contributed by atoms with E-state index < -0.39 is 0 Å². The average Bonchev–Trinajstić information content (AvgIpc) is 2.32. The second kappa shape index (κ2) is 4.40. The van der Waals surface area contributed by atoms with Crippen molar-refractivity contribution in [3.05, 3.63) is 0 Å². The molecule has 0 atom stereocenters. The largest absolute Gasteiger partial charge is 0.381 e. The number of hydrogen-bond acceptors (Lipinski definition) is 3. The standard InChI is InChI=1S/C12H23NO2/c1-3-11(4-2)9-13-12(15-10-11)5-7-14-8-6-12/h13H,3-10H2,1-2H3. The lowest BCUT2D eigenvalue weighted by Crippen LogP contribution is -2.60. The Bertz CT molecular complexity index is 196. The predicted octanol–water partition coefficient (Wildman–Crippen LogP) is 1.92. The van der Waals surface area contributed by atoms with Crippen molar-refractivity contribution >= 4 is 0 Å². The van der Waals surface area contributed by atoms with Gasteiger partial charge in [-0.05, 0) is 12.8 Å². The molecule has 0 unspecified atom stereocenters. The molecule has 2 saturated heterocycles. The Morgan fingerprint density at radius 1 is 1.13 bits per heavy atom. The van der Waals surface area contributed by atoms with Gasteiger partial charge in [-0.1, -0.05) is 13.8 Å². The third kappa shape index (κ3) is 2.19. The van der Waals surface area contributed by atoms with Crippen LogP contribution in [0.5, 0.6) is 0 Å². The van der Waals surface area contributed by atoms with Crippen LogP contribution in [0, 0.1) is 5.41 Å².